The van der Waals surface area contributed by atoms with Gasteiger partial charge in [-0.15, -0.1) is 0 Å². The molecule has 1 heterocycles. The molecule has 0 aliphatic heterocycles. The van der Waals surface area contributed by atoms with Gasteiger partial charge in [-0.1, -0.05) is 35.9 Å². The van der Waals surface area contributed by atoms with Gasteiger partial charge in [0.15, 0.2) is 0 Å². The molecule has 0 saturated heterocycles. The molecule has 0 aliphatic rings. The zero-order valence-corrected chi connectivity index (χ0v) is 10.9. The van der Waals surface area contributed by atoms with Crippen molar-refractivity contribution in [3.63, 3.8) is 0 Å². The number of aromatic nitrogens is 2. The second-order valence-corrected chi connectivity index (χ2v) is 4.74. The monoisotopic (exact) mass is 269 g/mol. The predicted octanol–water partition coefficient (Wildman–Crippen LogP) is 3.33. The molecule has 3 aromatic rings. The minimum absolute atomic E-state index is 0.265. The van der Waals surface area contributed by atoms with Gasteiger partial charge in [0, 0.05) is 23.0 Å². The van der Waals surface area contributed by atoms with Crippen LogP contribution in [0.3, 0.4) is 0 Å². The van der Waals surface area contributed by atoms with Crippen LogP contribution in [0.4, 0.5) is 0 Å². The SMILES string of the molecule is NC(c1cccc(Cl)c1)c1cccc2nccnc12. The standard InChI is InChI=1S/C15H12ClN3/c16-11-4-1-3-10(9-11)14(17)12-5-2-6-13-15(12)19-8-7-18-13/h1-9,14H,17H2. The smallest absolute Gasteiger partial charge is 0.0937 e. The molecular weight excluding hydrogens is 258 g/mol. The fourth-order valence-electron chi connectivity index (χ4n) is 2.15. The normalized spacial score (nSPS) is 12.5. The molecule has 3 nitrogen and oxygen atoms in total. The maximum Gasteiger partial charge on any atom is 0.0937 e. The highest BCUT2D eigenvalue weighted by atomic mass is 35.5. The highest BCUT2D eigenvalue weighted by Gasteiger charge is 2.13. The van der Waals surface area contributed by atoms with Gasteiger partial charge in [-0.2, -0.15) is 0 Å². The van der Waals surface area contributed by atoms with Crippen molar-refractivity contribution >= 4 is 22.6 Å². The lowest BCUT2D eigenvalue weighted by Gasteiger charge is -2.14. The third kappa shape index (κ3) is 2.30. The largest absolute Gasteiger partial charge is 0.320 e. The molecule has 0 amide bonds. The van der Waals surface area contributed by atoms with Crippen molar-refractivity contribution in [2.75, 3.05) is 0 Å². The number of hydrogen-bond acceptors (Lipinski definition) is 3. The van der Waals surface area contributed by atoms with E-state index in [1.165, 1.54) is 0 Å². The van der Waals surface area contributed by atoms with E-state index in [-0.39, 0.29) is 6.04 Å². The Morgan fingerprint density at radius 3 is 2.63 bits per heavy atom. The molecule has 3 rings (SSSR count). The number of halogens is 1. The van der Waals surface area contributed by atoms with Crippen LogP contribution < -0.4 is 5.73 Å². The Morgan fingerprint density at radius 2 is 1.79 bits per heavy atom. The van der Waals surface area contributed by atoms with Crippen LogP contribution in [-0.4, -0.2) is 9.97 Å². The number of rotatable bonds is 2. The number of nitrogens with two attached hydrogens (primary N) is 1. The molecule has 0 fully saturated rings. The van der Waals surface area contributed by atoms with E-state index in [9.17, 15) is 0 Å². The fraction of sp³-hybridized carbons (Fsp3) is 0.0667. The minimum atomic E-state index is -0.265. The molecule has 1 atom stereocenters. The van der Waals surface area contributed by atoms with Crippen molar-refractivity contribution in [2.45, 2.75) is 6.04 Å². The summed E-state index contributed by atoms with van der Waals surface area (Å²) >= 11 is 6.01. The van der Waals surface area contributed by atoms with Crippen LogP contribution >= 0.6 is 11.6 Å². The average Bonchev–Trinajstić information content (AvgIpc) is 2.46. The molecule has 1 unspecified atom stereocenters. The summed E-state index contributed by atoms with van der Waals surface area (Å²) in [7, 11) is 0. The summed E-state index contributed by atoms with van der Waals surface area (Å²) in [5, 5.41) is 0.680. The Labute approximate surface area is 116 Å². The van der Waals surface area contributed by atoms with Crippen molar-refractivity contribution in [3.05, 3.63) is 71.0 Å². The molecule has 0 aliphatic carbocycles. The van der Waals surface area contributed by atoms with Crippen LogP contribution in [0.1, 0.15) is 17.2 Å². The van der Waals surface area contributed by atoms with E-state index in [1.807, 2.05) is 42.5 Å². The van der Waals surface area contributed by atoms with Gasteiger partial charge in [-0.25, -0.2) is 0 Å². The molecule has 2 N–H and O–H groups in total. The molecule has 94 valence electrons. The fourth-order valence-corrected chi connectivity index (χ4v) is 2.34. The van der Waals surface area contributed by atoms with Crippen LogP contribution in [0.15, 0.2) is 54.9 Å². The van der Waals surface area contributed by atoms with E-state index in [0.717, 1.165) is 22.2 Å². The molecule has 0 bridgehead atoms. The zero-order valence-electron chi connectivity index (χ0n) is 10.1. The molecular formula is C15H12ClN3. The van der Waals surface area contributed by atoms with Gasteiger partial charge in [0.25, 0.3) is 0 Å². The number of hydrogen-bond donors (Lipinski definition) is 1. The Balaban J connectivity index is 2.14. The molecule has 0 spiro atoms. The summed E-state index contributed by atoms with van der Waals surface area (Å²) in [6.45, 7) is 0. The van der Waals surface area contributed by atoms with Crippen LogP contribution in [0.25, 0.3) is 11.0 Å². The van der Waals surface area contributed by atoms with E-state index in [1.54, 1.807) is 12.4 Å². The number of fused-ring (bicyclic) bond motifs is 1. The number of benzene rings is 2. The zero-order chi connectivity index (χ0) is 13.2. The predicted molar refractivity (Wildman–Crippen MR) is 77.0 cm³/mol. The molecule has 0 radical (unpaired) electrons. The summed E-state index contributed by atoms with van der Waals surface area (Å²) in [6, 6.07) is 13.2. The third-order valence-corrected chi connectivity index (χ3v) is 3.31. The maximum absolute atomic E-state index is 6.32. The van der Waals surface area contributed by atoms with E-state index in [0.29, 0.717) is 5.02 Å². The van der Waals surface area contributed by atoms with Gasteiger partial charge >= 0.3 is 0 Å². The average molecular weight is 270 g/mol. The van der Waals surface area contributed by atoms with E-state index < -0.39 is 0 Å². The first-order chi connectivity index (χ1) is 9.25. The summed E-state index contributed by atoms with van der Waals surface area (Å²) < 4.78 is 0. The lowest BCUT2D eigenvalue weighted by atomic mass is 9.98. The van der Waals surface area contributed by atoms with E-state index in [2.05, 4.69) is 9.97 Å². The van der Waals surface area contributed by atoms with Gasteiger partial charge < -0.3 is 5.73 Å². The molecule has 2 aromatic carbocycles. The van der Waals surface area contributed by atoms with Gasteiger partial charge in [-0.05, 0) is 23.8 Å². The quantitative estimate of drug-likeness (QED) is 0.776. The van der Waals surface area contributed by atoms with Crippen molar-refractivity contribution in [2.24, 2.45) is 5.73 Å². The van der Waals surface area contributed by atoms with Crippen LogP contribution in [0.5, 0.6) is 0 Å². The first-order valence-electron chi connectivity index (χ1n) is 5.96. The summed E-state index contributed by atoms with van der Waals surface area (Å²) in [5.74, 6) is 0. The maximum atomic E-state index is 6.32. The second kappa shape index (κ2) is 4.96. The molecule has 0 saturated carbocycles. The van der Waals surface area contributed by atoms with E-state index in [4.69, 9.17) is 17.3 Å². The Kier molecular flexibility index (Phi) is 3.15. The van der Waals surface area contributed by atoms with Gasteiger partial charge in [0.05, 0.1) is 17.1 Å². The topological polar surface area (TPSA) is 51.8 Å². The Bertz CT molecular complexity index is 722. The first kappa shape index (κ1) is 12.1. The van der Waals surface area contributed by atoms with Crippen LogP contribution in [-0.2, 0) is 0 Å². The summed E-state index contributed by atoms with van der Waals surface area (Å²) in [6.07, 6.45) is 3.35. The summed E-state index contributed by atoms with van der Waals surface area (Å²) in [4.78, 5) is 8.67. The van der Waals surface area contributed by atoms with Gasteiger partial charge in [0.2, 0.25) is 0 Å². The van der Waals surface area contributed by atoms with Crippen molar-refractivity contribution < 1.29 is 0 Å². The van der Waals surface area contributed by atoms with Crippen LogP contribution in [0, 0.1) is 0 Å². The van der Waals surface area contributed by atoms with E-state index >= 15 is 0 Å². The van der Waals surface area contributed by atoms with Crippen molar-refractivity contribution in [1.29, 1.82) is 0 Å². The number of nitrogens with zero attached hydrogens (tertiary/aromatic N) is 2. The third-order valence-electron chi connectivity index (χ3n) is 3.07. The number of para-hydroxylation sites is 1. The lowest BCUT2D eigenvalue weighted by Crippen LogP contribution is -2.12. The second-order valence-electron chi connectivity index (χ2n) is 4.30. The van der Waals surface area contributed by atoms with Gasteiger partial charge in [-0.3, -0.25) is 9.97 Å². The molecule has 4 heteroatoms. The Morgan fingerprint density at radius 1 is 1.00 bits per heavy atom. The van der Waals surface area contributed by atoms with Crippen molar-refractivity contribution in [3.8, 4) is 0 Å². The highest BCUT2D eigenvalue weighted by Crippen LogP contribution is 2.26. The molecule has 1 aromatic heterocycles. The van der Waals surface area contributed by atoms with Crippen LogP contribution in [0.2, 0.25) is 5.02 Å². The van der Waals surface area contributed by atoms with Crippen molar-refractivity contribution in [1.82, 2.24) is 9.97 Å². The first-order valence-corrected chi connectivity index (χ1v) is 6.34. The lowest BCUT2D eigenvalue weighted by molar-refractivity contribution is 0.876. The Hall–Kier alpha value is -1.97. The summed E-state index contributed by atoms with van der Waals surface area (Å²) in [5.41, 5.74) is 9.92. The van der Waals surface area contributed by atoms with Gasteiger partial charge in [0.1, 0.15) is 0 Å². The molecule has 19 heavy (non-hydrogen) atoms. The highest BCUT2D eigenvalue weighted by molar-refractivity contribution is 6.30. The minimum Gasteiger partial charge on any atom is -0.320 e.